The first-order valence-corrected chi connectivity index (χ1v) is 11.3. The van der Waals surface area contributed by atoms with Crippen LogP contribution in [0.1, 0.15) is 35.3 Å². The van der Waals surface area contributed by atoms with E-state index in [9.17, 15) is 14.4 Å². The molecule has 7 nitrogen and oxygen atoms in total. The van der Waals surface area contributed by atoms with E-state index in [-0.39, 0.29) is 25.0 Å². The van der Waals surface area contributed by atoms with Crippen LogP contribution >= 0.6 is 11.3 Å². The SMILES string of the molecule is CCOC(=O)c1c(-c2ccc(C)cc2C)csc1NC(=O)CN1CCN(C(C)=O)CC1. The molecule has 0 spiro atoms. The fourth-order valence-corrected chi connectivity index (χ4v) is 4.72. The predicted molar refractivity (Wildman–Crippen MR) is 123 cm³/mol. The highest BCUT2D eigenvalue weighted by atomic mass is 32.1. The van der Waals surface area contributed by atoms with Crippen molar-refractivity contribution in [2.45, 2.75) is 27.7 Å². The van der Waals surface area contributed by atoms with Gasteiger partial charge in [0.1, 0.15) is 10.6 Å². The molecular weight excluding hydrogens is 414 g/mol. The number of ether oxygens (including phenoxy) is 1. The predicted octanol–water partition coefficient (Wildman–Crippen LogP) is 3.31. The summed E-state index contributed by atoms with van der Waals surface area (Å²) in [6, 6.07) is 6.07. The maximum Gasteiger partial charge on any atom is 0.341 e. The molecule has 1 aliphatic rings. The number of carbonyl (C=O) groups excluding carboxylic acids is 3. The number of hydrogen-bond acceptors (Lipinski definition) is 6. The average Bonchev–Trinajstić information content (AvgIpc) is 3.11. The maximum absolute atomic E-state index is 12.8. The van der Waals surface area contributed by atoms with Gasteiger partial charge in [0.25, 0.3) is 0 Å². The van der Waals surface area contributed by atoms with Crippen LogP contribution < -0.4 is 5.32 Å². The highest BCUT2D eigenvalue weighted by molar-refractivity contribution is 7.15. The molecule has 2 heterocycles. The Morgan fingerprint density at radius 2 is 1.81 bits per heavy atom. The number of thiophene rings is 1. The Kier molecular flexibility index (Phi) is 7.46. The smallest absolute Gasteiger partial charge is 0.341 e. The Balaban J connectivity index is 1.78. The van der Waals surface area contributed by atoms with Crippen molar-refractivity contribution >= 4 is 34.1 Å². The summed E-state index contributed by atoms with van der Waals surface area (Å²) in [5, 5.41) is 5.30. The molecule has 0 atom stereocenters. The minimum atomic E-state index is -0.441. The lowest BCUT2D eigenvalue weighted by Gasteiger charge is -2.33. The number of piperazine rings is 1. The number of anilines is 1. The van der Waals surface area contributed by atoms with Gasteiger partial charge in [-0.2, -0.15) is 0 Å². The van der Waals surface area contributed by atoms with Gasteiger partial charge in [0, 0.05) is 44.0 Å². The lowest BCUT2D eigenvalue weighted by atomic mass is 9.97. The Morgan fingerprint density at radius 1 is 1.10 bits per heavy atom. The molecule has 0 aliphatic carbocycles. The number of aryl methyl sites for hydroxylation is 2. The van der Waals surface area contributed by atoms with Crippen molar-refractivity contribution in [1.82, 2.24) is 9.80 Å². The molecule has 31 heavy (non-hydrogen) atoms. The van der Waals surface area contributed by atoms with Crippen LogP contribution in [0.25, 0.3) is 11.1 Å². The van der Waals surface area contributed by atoms with E-state index in [1.165, 1.54) is 11.3 Å². The van der Waals surface area contributed by atoms with Gasteiger partial charge in [0.05, 0.1) is 13.2 Å². The molecule has 8 heteroatoms. The lowest BCUT2D eigenvalue weighted by molar-refractivity contribution is -0.130. The number of rotatable bonds is 6. The Labute approximate surface area is 187 Å². The number of nitrogens with zero attached hydrogens (tertiary/aromatic N) is 2. The maximum atomic E-state index is 12.8. The Hall–Kier alpha value is -2.71. The van der Waals surface area contributed by atoms with E-state index >= 15 is 0 Å². The third kappa shape index (κ3) is 5.51. The van der Waals surface area contributed by atoms with E-state index in [1.54, 1.807) is 18.7 Å². The zero-order valence-electron chi connectivity index (χ0n) is 18.5. The number of hydrogen-bond donors (Lipinski definition) is 1. The molecule has 2 amide bonds. The van der Waals surface area contributed by atoms with Gasteiger partial charge in [-0.1, -0.05) is 23.8 Å². The third-order valence-corrected chi connectivity index (χ3v) is 6.28. The molecule has 1 aromatic heterocycles. The van der Waals surface area contributed by atoms with Gasteiger partial charge in [-0.3, -0.25) is 14.5 Å². The van der Waals surface area contributed by atoms with Crippen LogP contribution in [0.3, 0.4) is 0 Å². The molecule has 3 rings (SSSR count). The second-order valence-corrected chi connectivity index (χ2v) is 8.60. The molecule has 1 aliphatic heterocycles. The highest BCUT2D eigenvalue weighted by Crippen LogP contribution is 2.37. The topological polar surface area (TPSA) is 79.0 Å². The van der Waals surface area contributed by atoms with Crippen LogP contribution in [0, 0.1) is 13.8 Å². The summed E-state index contributed by atoms with van der Waals surface area (Å²) in [5.74, 6) is -0.569. The molecule has 166 valence electrons. The van der Waals surface area contributed by atoms with E-state index in [0.717, 1.165) is 22.3 Å². The molecule has 0 saturated carbocycles. The summed E-state index contributed by atoms with van der Waals surface area (Å²) in [6.45, 7) is 10.4. The second-order valence-electron chi connectivity index (χ2n) is 7.72. The van der Waals surface area contributed by atoms with Gasteiger partial charge in [0.2, 0.25) is 11.8 Å². The van der Waals surface area contributed by atoms with Gasteiger partial charge >= 0.3 is 5.97 Å². The third-order valence-electron chi connectivity index (χ3n) is 5.38. The van der Waals surface area contributed by atoms with Crippen molar-refractivity contribution < 1.29 is 19.1 Å². The van der Waals surface area contributed by atoms with Crippen LogP contribution in [-0.4, -0.2) is 66.9 Å². The van der Waals surface area contributed by atoms with Crippen molar-refractivity contribution in [1.29, 1.82) is 0 Å². The zero-order valence-corrected chi connectivity index (χ0v) is 19.3. The van der Waals surface area contributed by atoms with Crippen LogP contribution in [0.4, 0.5) is 5.00 Å². The van der Waals surface area contributed by atoms with Crippen LogP contribution in [-0.2, 0) is 14.3 Å². The van der Waals surface area contributed by atoms with Crippen molar-refractivity contribution in [3.05, 3.63) is 40.3 Å². The molecule has 1 N–H and O–H groups in total. The normalized spacial score (nSPS) is 14.4. The molecule has 1 saturated heterocycles. The van der Waals surface area contributed by atoms with Crippen molar-refractivity contribution in [2.75, 3.05) is 44.6 Å². The molecule has 0 unspecified atom stereocenters. The van der Waals surface area contributed by atoms with Crippen molar-refractivity contribution in [3.8, 4) is 11.1 Å². The molecule has 1 aromatic carbocycles. The lowest BCUT2D eigenvalue weighted by Crippen LogP contribution is -2.49. The van der Waals surface area contributed by atoms with Gasteiger partial charge in [-0.25, -0.2) is 4.79 Å². The van der Waals surface area contributed by atoms with E-state index < -0.39 is 5.97 Å². The van der Waals surface area contributed by atoms with Crippen molar-refractivity contribution in [2.24, 2.45) is 0 Å². The van der Waals surface area contributed by atoms with Crippen LogP contribution in [0.2, 0.25) is 0 Å². The first kappa shape index (κ1) is 23.0. The van der Waals surface area contributed by atoms with E-state index in [4.69, 9.17) is 4.74 Å². The number of nitrogens with one attached hydrogen (secondary N) is 1. The standard InChI is InChI=1S/C23H29N3O4S/c1-5-30-23(29)21-19(18-7-6-15(2)12-16(18)3)14-31-22(21)24-20(28)13-25-8-10-26(11-9-25)17(4)27/h6-7,12,14H,5,8-11,13H2,1-4H3,(H,24,28). The fraction of sp³-hybridized carbons (Fsp3) is 0.435. The minimum absolute atomic E-state index is 0.0562. The highest BCUT2D eigenvalue weighted by Gasteiger charge is 2.25. The summed E-state index contributed by atoms with van der Waals surface area (Å²) in [5.41, 5.74) is 4.32. The monoisotopic (exact) mass is 443 g/mol. The quantitative estimate of drug-likeness (QED) is 0.693. The molecule has 1 fully saturated rings. The van der Waals surface area contributed by atoms with Gasteiger partial charge in [-0.15, -0.1) is 11.3 Å². The first-order chi connectivity index (χ1) is 14.8. The Bertz CT molecular complexity index is 977. The second kappa shape index (κ2) is 10.1. The van der Waals surface area contributed by atoms with Crippen molar-refractivity contribution in [3.63, 3.8) is 0 Å². The molecule has 0 radical (unpaired) electrons. The summed E-state index contributed by atoms with van der Waals surface area (Å²) < 4.78 is 5.29. The summed E-state index contributed by atoms with van der Waals surface area (Å²) in [7, 11) is 0. The fourth-order valence-electron chi connectivity index (χ4n) is 3.76. The van der Waals surface area contributed by atoms with E-state index in [0.29, 0.717) is 36.7 Å². The average molecular weight is 444 g/mol. The summed E-state index contributed by atoms with van der Waals surface area (Å²) in [6.07, 6.45) is 0. The molecule has 2 aromatic rings. The first-order valence-electron chi connectivity index (χ1n) is 10.4. The van der Waals surface area contributed by atoms with Crippen LogP contribution in [0.5, 0.6) is 0 Å². The largest absolute Gasteiger partial charge is 0.462 e. The summed E-state index contributed by atoms with van der Waals surface area (Å²) >= 11 is 1.33. The number of benzene rings is 1. The van der Waals surface area contributed by atoms with Gasteiger partial charge < -0.3 is 15.0 Å². The molecular formula is C23H29N3O4S. The zero-order chi connectivity index (χ0) is 22.5. The van der Waals surface area contributed by atoms with E-state index in [1.807, 2.05) is 36.3 Å². The molecule has 0 bridgehead atoms. The number of amides is 2. The Morgan fingerprint density at radius 3 is 2.42 bits per heavy atom. The van der Waals surface area contributed by atoms with E-state index in [2.05, 4.69) is 11.4 Å². The summed E-state index contributed by atoms with van der Waals surface area (Å²) in [4.78, 5) is 40.7. The van der Waals surface area contributed by atoms with Crippen LogP contribution in [0.15, 0.2) is 23.6 Å². The minimum Gasteiger partial charge on any atom is -0.462 e. The number of carbonyl (C=O) groups is 3. The van der Waals surface area contributed by atoms with Gasteiger partial charge in [-0.05, 0) is 31.9 Å². The van der Waals surface area contributed by atoms with Gasteiger partial charge in [0.15, 0.2) is 0 Å². The number of esters is 1.